The highest BCUT2D eigenvalue weighted by atomic mass is 35.5. The Kier molecular flexibility index (Phi) is 3.40. The van der Waals surface area contributed by atoms with Crippen molar-refractivity contribution >= 4 is 38.9 Å². The quantitative estimate of drug-likeness (QED) is 0.659. The summed E-state index contributed by atoms with van der Waals surface area (Å²) in [5, 5.41) is 10.4. The largest absolute Gasteiger partial charge is 0.448 e. The van der Waals surface area contributed by atoms with Crippen LogP contribution in [0.25, 0.3) is 10.2 Å². The molecule has 2 heterocycles. The van der Waals surface area contributed by atoms with Gasteiger partial charge in [0, 0.05) is 10.9 Å². The molecule has 5 nitrogen and oxygen atoms in total. The Morgan fingerprint density at radius 1 is 1.43 bits per heavy atom. The van der Waals surface area contributed by atoms with Gasteiger partial charge in [-0.1, -0.05) is 11.6 Å². The van der Waals surface area contributed by atoms with Crippen LogP contribution in [0, 0.1) is 11.3 Å². The van der Waals surface area contributed by atoms with Gasteiger partial charge in [-0.3, -0.25) is 4.79 Å². The van der Waals surface area contributed by atoms with Crippen molar-refractivity contribution in [2.45, 2.75) is 24.7 Å². The second-order valence-electron chi connectivity index (χ2n) is 5.44. The van der Waals surface area contributed by atoms with E-state index in [0.29, 0.717) is 27.4 Å². The number of halogens is 1. The highest BCUT2D eigenvalue weighted by molar-refractivity contribution is 7.18. The summed E-state index contributed by atoms with van der Waals surface area (Å²) in [5.41, 5.74) is 0.875. The number of hydrogen-bond acceptors (Lipinski definition) is 6. The minimum absolute atomic E-state index is 0.190. The van der Waals surface area contributed by atoms with E-state index in [-0.39, 0.29) is 11.5 Å². The third-order valence-electron chi connectivity index (χ3n) is 3.71. The Bertz CT molecular complexity index is 952. The first-order valence-electron chi connectivity index (χ1n) is 7.11. The highest BCUT2D eigenvalue weighted by Crippen LogP contribution is 2.39. The standard InChI is InChI=1S/C16H10ClN3O2S/c17-9-3-4-13-11(5-9)20-16(23-13)10(6-18)14(21)12-7-22-15(19-12)8-1-2-8/h3-5,7-8,10H,1-2H2/t10-/m1/s1. The minimum atomic E-state index is -0.983. The van der Waals surface area contributed by atoms with Crippen LogP contribution in [0.15, 0.2) is 28.9 Å². The summed E-state index contributed by atoms with van der Waals surface area (Å²) in [7, 11) is 0. The van der Waals surface area contributed by atoms with Crippen molar-refractivity contribution in [3.63, 3.8) is 0 Å². The first-order valence-corrected chi connectivity index (χ1v) is 8.30. The first-order chi connectivity index (χ1) is 11.2. The number of nitrogens with zero attached hydrogens (tertiary/aromatic N) is 3. The number of thiazole rings is 1. The van der Waals surface area contributed by atoms with Gasteiger partial charge in [-0.15, -0.1) is 11.3 Å². The van der Waals surface area contributed by atoms with E-state index in [1.165, 1.54) is 17.6 Å². The Balaban J connectivity index is 1.68. The smallest absolute Gasteiger partial charge is 0.208 e. The summed E-state index contributed by atoms with van der Waals surface area (Å²) in [6.45, 7) is 0. The third kappa shape index (κ3) is 2.62. The zero-order valence-corrected chi connectivity index (χ0v) is 13.4. The van der Waals surface area contributed by atoms with Crippen LogP contribution in [0.5, 0.6) is 0 Å². The average Bonchev–Trinajstić information content (AvgIpc) is 3.12. The molecule has 1 saturated carbocycles. The van der Waals surface area contributed by atoms with E-state index in [0.717, 1.165) is 17.5 Å². The normalized spacial score (nSPS) is 15.5. The van der Waals surface area contributed by atoms with Crippen LogP contribution in [0.2, 0.25) is 5.02 Å². The first kappa shape index (κ1) is 14.4. The van der Waals surface area contributed by atoms with Gasteiger partial charge in [-0.05, 0) is 31.0 Å². The predicted octanol–water partition coefficient (Wildman–Crippen LogP) is 4.31. The summed E-state index contributed by atoms with van der Waals surface area (Å²) >= 11 is 7.26. The van der Waals surface area contributed by atoms with Gasteiger partial charge in [0.2, 0.25) is 5.78 Å². The van der Waals surface area contributed by atoms with Crippen molar-refractivity contribution in [1.82, 2.24) is 9.97 Å². The predicted molar refractivity (Wildman–Crippen MR) is 85.8 cm³/mol. The summed E-state index contributed by atoms with van der Waals surface area (Å²) in [6.07, 6.45) is 3.41. The zero-order valence-electron chi connectivity index (χ0n) is 11.8. The fourth-order valence-corrected chi connectivity index (χ4v) is 3.49. The summed E-state index contributed by atoms with van der Waals surface area (Å²) in [4.78, 5) is 21.2. The molecule has 1 aliphatic carbocycles. The van der Waals surface area contributed by atoms with Crippen LogP contribution in [-0.2, 0) is 0 Å². The van der Waals surface area contributed by atoms with Gasteiger partial charge in [-0.25, -0.2) is 9.97 Å². The number of carbonyl (C=O) groups excluding carboxylic acids is 1. The van der Waals surface area contributed by atoms with Crippen molar-refractivity contribution in [3.05, 3.63) is 46.1 Å². The van der Waals surface area contributed by atoms with Crippen LogP contribution in [0.1, 0.15) is 46.1 Å². The van der Waals surface area contributed by atoms with E-state index in [2.05, 4.69) is 9.97 Å². The maximum atomic E-state index is 12.6. The average molecular weight is 344 g/mol. The molecule has 2 aromatic heterocycles. The summed E-state index contributed by atoms with van der Waals surface area (Å²) < 4.78 is 6.22. The Morgan fingerprint density at radius 3 is 3.00 bits per heavy atom. The van der Waals surface area contributed by atoms with E-state index in [9.17, 15) is 10.1 Å². The molecule has 0 N–H and O–H groups in total. The zero-order chi connectivity index (χ0) is 16.0. The van der Waals surface area contributed by atoms with Crippen molar-refractivity contribution in [2.24, 2.45) is 0 Å². The van der Waals surface area contributed by atoms with Crippen molar-refractivity contribution < 1.29 is 9.21 Å². The number of fused-ring (bicyclic) bond motifs is 1. The SMILES string of the molecule is N#C[C@H](C(=O)c1coc(C2CC2)n1)c1nc2cc(Cl)ccc2s1. The van der Waals surface area contributed by atoms with E-state index >= 15 is 0 Å². The Morgan fingerprint density at radius 2 is 2.26 bits per heavy atom. The van der Waals surface area contributed by atoms with E-state index in [4.69, 9.17) is 16.0 Å². The Labute approximate surface area is 140 Å². The van der Waals surface area contributed by atoms with Crippen LogP contribution in [0.3, 0.4) is 0 Å². The molecule has 4 rings (SSSR count). The van der Waals surface area contributed by atoms with Gasteiger partial charge >= 0.3 is 0 Å². The van der Waals surface area contributed by atoms with Crippen LogP contribution < -0.4 is 0 Å². The maximum Gasteiger partial charge on any atom is 0.208 e. The molecule has 23 heavy (non-hydrogen) atoms. The van der Waals surface area contributed by atoms with Crippen molar-refractivity contribution in [3.8, 4) is 6.07 Å². The number of aromatic nitrogens is 2. The molecule has 1 aliphatic rings. The van der Waals surface area contributed by atoms with Crippen molar-refractivity contribution in [2.75, 3.05) is 0 Å². The number of benzene rings is 1. The summed E-state index contributed by atoms with van der Waals surface area (Å²) in [6, 6.07) is 7.34. The molecule has 3 aromatic rings. The fourth-order valence-electron chi connectivity index (χ4n) is 2.33. The molecule has 1 aromatic carbocycles. The molecule has 0 spiro atoms. The van der Waals surface area contributed by atoms with Gasteiger partial charge in [-0.2, -0.15) is 5.26 Å². The second kappa shape index (κ2) is 5.44. The minimum Gasteiger partial charge on any atom is -0.448 e. The molecule has 0 unspecified atom stereocenters. The lowest BCUT2D eigenvalue weighted by molar-refractivity contribution is 0.0974. The number of nitriles is 1. The van der Waals surface area contributed by atoms with Gasteiger partial charge in [0.25, 0.3) is 0 Å². The number of carbonyl (C=O) groups is 1. The number of rotatable bonds is 4. The molecule has 114 valence electrons. The van der Waals surface area contributed by atoms with E-state index in [1.54, 1.807) is 12.1 Å². The highest BCUT2D eigenvalue weighted by Gasteiger charge is 2.32. The second-order valence-corrected chi connectivity index (χ2v) is 6.93. The maximum absolute atomic E-state index is 12.6. The van der Waals surface area contributed by atoms with Gasteiger partial charge in [0.05, 0.1) is 16.3 Å². The van der Waals surface area contributed by atoms with Gasteiger partial charge in [0.15, 0.2) is 11.8 Å². The van der Waals surface area contributed by atoms with E-state index in [1.807, 2.05) is 12.1 Å². The van der Waals surface area contributed by atoms with Crippen molar-refractivity contribution in [1.29, 1.82) is 5.26 Å². The lowest BCUT2D eigenvalue weighted by atomic mass is 10.1. The third-order valence-corrected chi connectivity index (χ3v) is 5.04. The topological polar surface area (TPSA) is 79.8 Å². The molecule has 0 saturated heterocycles. The molecular weight excluding hydrogens is 334 g/mol. The van der Waals surface area contributed by atoms with Crippen LogP contribution in [-0.4, -0.2) is 15.8 Å². The fraction of sp³-hybridized carbons (Fsp3) is 0.250. The van der Waals surface area contributed by atoms with E-state index < -0.39 is 5.92 Å². The molecule has 0 amide bonds. The molecule has 1 atom stereocenters. The lowest BCUT2D eigenvalue weighted by Gasteiger charge is -2.00. The number of ketones is 1. The Hall–Kier alpha value is -2.23. The van der Waals surface area contributed by atoms with Gasteiger partial charge < -0.3 is 4.42 Å². The summed E-state index contributed by atoms with van der Waals surface area (Å²) in [5.74, 6) is -0.459. The number of Topliss-reactive ketones (excluding diaryl/α,β-unsaturated/α-hetero) is 1. The molecule has 1 fully saturated rings. The van der Waals surface area contributed by atoms with Gasteiger partial charge in [0.1, 0.15) is 17.0 Å². The number of hydrogen-bond donors (Lipinski definition) is 0. The number of oxazole rings is 1. The van der Waals surface area contributed by atoms with Crippen LogP contribution in [0.4, 0.5) is 0 Å². The monoisotopic (exact) mass is 343 g/mol. The molecular formula is C16H10ClN3O2S. The molecule has 7 heteroatoms. The molecule has 0 radical (unpaired) electrons. The lowest BCUT2D eigenvalue weighted by Crippen LogP contribution is -2.11. The van der Waals surface area contributed by atoms with Crippen LogP contribution >= 0.6 is 22.9 Å². The molecule has 0 bridgehead atoms. The molecule has 0 aliphatic heterocycles.